The number of aryl methyl sites for hydroxylation is 2. The molecule has 0 fully saturated rings. The average Bonchev–Trinajstić information content (AvgIpc) is 3.27. The molecule has 36 heavy (non-hydrogen) atoms. The fourth-order valence-corrected chi connectivity index (χ4v) is 4.82. The quantitative estimate of drug-likeness (QED) is 0.277. The second kappa shape index (κ2) is 11.1. The highest BCUT2D eigenvalue weighted by molar-refractivity contribution is 7.98. The number of aromatic nitrogens is 3. The molecule has 4 rings (SSSR count). The topological polar surface area (TPSA) is 59.8 Å². The average molecular weight is 499 g/mol. The Bertz CT molecular complexity index is 1310. The van der Waals surface area contributed by atoms with E-state index in [9.17, 15) is 4.79 Å². The van der Waals surface area contributed by atoms with Gasteiger partial charge in [0.2, 0.25) is 5.91 Å². The summed E-state index contributed by atoms with van der Waals surface area (Å²) in [5.41, 5.74) is 5.25. The van der Waals surface area contributed by atoms with Gasteiger partial charge in [0.1, 0.15) is 0 Å². The summed E-state index contributed by atoms with van der Waals surface area (Å²) in [5.74, 6) is 1.49. The third-order valence-corrected chi connectivity index (χ3v) is 6.98. The molecule has 6 heteroatoms. The molecule has 0 spiro atoms. The summed E-state index contributed by atoms with van der Waals surface area (Å²) in [7, 11) is 0. The van der Waals surface area contributed by atoms with E-state index in [2.05, 4.69) is 94.6 Å². The molecule has 1 heterocycles. The zero-order valence-electron chi connectivity index (χ0n) is 21.7. The van der Waals surface area contributed by atoms with Crippen LogP contribution in [0.2, 0.25) is 0 Å². The zero-order valence-corrected chi connectivity index (χ0v) is 22.5. The van der Waals surface area contributed by atoms with E-state index < -0.39 is 5.41 Å². The number of hydrogen-bond donors (Lipinski definition) is 1. The number of nitrogens with zero attached hydrogens (tertiary/aromatic N) is 3. The van der Waals surface area contributed by atoms with Crippen LogP contribution in [0.4, 0.5) is 0 Å². The number of amides is 1. The van der Waals surface area contributed by atoms with Crippen molar-refractivity contribution >= 4 is 17.7 Å². The van der Waals surface area contributed by atoms with Crippen LogP contribution >= 0.6 is 11.8 Å². The second-order valence-electron chi connectivity index (χ2n) is 10.3. The van der Waals surface area contributed by atoms with E-state index in [0.29, 0.717) is 6.42 Å². The van der Waals surface area contributed by atoms with E-state index in [0.717, 1.165) is 28.0 Å². The highest BCUT2D eigenvalue weighted by atomic mass is 32.2. The minimum absolute atomic E-state index is 0.0177. The van der Waals surface area contributed by atoms with Crippen LogP contribution < -0.4 is 5.32 Å². The Morgan fingerprint density at radius 2 is 1.58 bits per heavy atom. The van der Waals surface area contributed by atoms with Crippen LogP contribution in [0, 0.1) is 19.3 Å². The Morgan fingerprint density at radius 3 is 2.25 bits per heavy atom. The largest absolute Gasteiger partial charge is 0.345 e. The Hall–Kier alpha value is -3.38. The van der Waals surface area contributed by atoms with E-state index >= 15 is 0 Å². The van der Waals surface area contributed by atoms with Crippen molar-refractivity contribution in [3.8, 4) is 5.69 Å². The van der Waals surface area contributed by atoms with Gasteiger partial charge in [0.25, 0.3) is 0 Å². The number of rotatable bonds is 8. The molecular formula is C30H34N4OS. The monoisotopic (exact) mass is 498 g/mol. The van der Waals surface area contributed by atoms with Crippen LogP contribution in [-0.4, -0.2) is 20.7 Å². The minimum atomic E-state index is -0.521. The molecule has 0 saturated carbocycles. The van der Waals surface area contributed by atoms with E-state index in [1.807, 2.05) is 39.0 Å². The normalized spacial score (nSPS) is 12.4. The fourth-order valence-electron chi connectivity index (χ4n) is 3.92. The number of nitrogens with one attached hydrogen (secondary N) is 1. The van der Waals surface area contributed by atoms with Gasteiger partial charge in [0, 0.05) is 16.9 Å². The van der Waals surface area contributed by atoms with Crippen molar-refractivity contribution in [2.75, 3.05) is 0 Å². The highest BCUT2D eigenvalue weighted by Crippen LogP contribution is 2.30. The first-order valence-electron chi connectivity index (χ1n) is 12.3. The summed E-state index contributed by atoms with van der Waals surface area (Å²) >= 11 is 1.65. The lowest BCUT2D eigenvalue weighted by Crippen LogP contribution is -2.39. The molecule has 0 aliphatic rings. The number of thioether (sulfide) groups is 1. The van der Waals surface area contributed by atoms with Crippen molar-refractivity contribution in [1.82, 2.24) is 20.1 Å². The predicted octanol–water partition coefficient (Wildman–Crippen LogP) is 6.62. The van der Waals surface area contributed by atoms with Crippen molar-refractivity contribution in [2.45, 2.75) is 58.0 Å². The van der Waals surface area contributed by atoms with Crippen LogP contribution in [0.3, 0.4) is 0 Å². The molecular weight excluding hydrogens is 464 g/mol. The van der Waals surface area contributed by atoms with E-state index in [1.54, 1.807) is 11.8 Å². The Labute approximate surface area is 218 Å². The molecule has 0 bridgehead atoms. The minimum Gasteiger partial charge on any atom is -0.345 e. The van der Waals surface area contributed by atoms with Gasteiger partial charge in [-0.2, -0.15) is 0 Å². The number of carbonyl (C=O) groups is 1. The fraction of sp³-hybridized carbons (Fsp3) is 0.300. The molecule has 4 aromatic rings. The van der Waals surface area contributed by atoms with Gasteiger partial charge in [-0.3, -0.25) is 9.36 Å². The standard InChI is InChI=1S/C30H34N4OS/c1-21-14-16-25(17-15-21)34-27(32-33-29(34)36-20-24-13-9-10-22(2)18-24)26(31-28(35)30(3,4)5)19-23-11-7-6-8-12-23/h6-18,26H,19-20H2,1-5H3,(H,31,35). The lowest BCUT2D eigenvalue weighted by Gasteiger charge is -2.25. The van der Waals surface area contributed by atoms with Gasteiger partial charge in [-0.25, -0.2) is 0 Å². The van der Waals surface area contributed by atoms with Crippen LogP contribution in [0.15, 0.2) is 84.0 Å². The molecule has 3 aromatic carbocycles. The molecule has 1 atom stereocenters. The molecule has 1 N–H and O–H groups in total. The Balaban J connectivity index is 1.75. The third-order valence-electron chi connectivity index (χ3n) is 5.98. The first kappa shape index (κ1) is 25.7. The molecule has 1 amide bonds. The Morgan fingerprint density at radius 1 is 0.889 bits per heavy atom. The van der Waals surface area contributed by atoms with Gasteiger partial charge in [0.05, 0.1) is 6.04 Å². The number of carbonyl (C=O) groups excluding carboxylic acids is 1. The van der Waals surface area contributed by atoms with Crippen molar-refractivity contribution in [2.24, 2.45) is 5.41 Å². The molecule has 0 radical (unpaired) electrons. The molecule has 0 saturated heterocycles. The predicted molar refractivity (Wildman–Crippen MR) is 147 cm³/mol. The second-order valence-corrected chi connectivity index (χ2v) is 11.2. The molecule has 186 valence electrons. The summed E-state index contributed by atoms with van der Waals surface area (Å²) in [6.07, 6.45) is 0.620. The summed E-state index contributed by atoms with van der Waals surface area (Å²) in [4.78, 5) is 13.1. The number of benzene rings is 3. The third kappa shape index (κ3) is 6.43. The molecule has 1 unspecified atom stereocenters. The van der Waals surface area contributed by atoms with Crippen molar-refractivity contribution in [1.29, 1.82) is 0 Å². The maximum Gasteiger partial charge on any atom is 0.225 e. The van der Waals surface area contributed by atoms with Gasteiger partial charge < -0.3 is 5.32 Å². The summed E-state index contributed by atoms with van der Waals surface area (Å²) < 4.78 is 2.09. The van der Waals surface area contributed by atoms with Crippen molar-refractivity contribution in [3.05, 3.63) is 107 Å². The van der Waals surface area contributed by atoms with Crippen molar-refractivity contribution in [3.63, 3.8) is 0 Å². The van der Waals surface area contributed by atoms with E-state index in [1.165, 1.54) is 16.7 Å². The Kier molecular flexibility index (Phi) is 7.94. The smallest absolute Gasteiger partial charge is 0.225 e. The molecule has 5 nitrogen and oxygen atoms in total. The summed E-state index contributed by atoms with van der Waals surface area (Å²) in [5, 5.41) is 13.3. The van der Waals surface area contributed by atoms with Crippen LogP contribution in [0.1, 0.15) is 54.9 Å². The lowest BCUT2D eigenvalue weighted by molar-refractivity contribution is -0.129. The highest BCUT2D eigenvalue weighted by Gasteiger charge is 2.29. The summed E-state index contributed by atoms with van der Waals surface area (Å²) in [6.45, 7) is 9.96. The van der Waals surface area contributed by atoms with Gasteiger partial charge in [0.15, 0.2) is 11.0 Å². The van der Waals surface area contributed by atoms with Gasteiger partial charge in [-0.15, -0.1) is 10.2 Å². The van der Waals surface area contributed by atoms with Crippen molar-refractivity contribution < 1.29 is 4.79 Å². The zero-order chi connectivity index (χ0) is 25.7. The van der Waals surface area contributed by atoms with Gasteiger partial charge in [-0.1, -0.05) is 110 Å². The first-order chi connectivity index (χ1) is 17.2. The van der Waals surface area contributed by atoms with E-state index in [4.69, 9.17) is 0 Å². The van der Waals surface area contributed by atoms with Crippen LogP contribution in [0.25, 0.3) is 5.69 Å². The van der Waals surface area contributed by atoms with Gasteiger partial charge in [-0.05, 0) is 43.5 Å². The maximum absolute atomic E-state index is 13.1. The SMILES string of the molecule is Cc1ccc(-n2c(SCc3cccc(C)c3)nnc2C(Cc2ccccc2)NC(=O)C(C)(C)C)cc1. The lowest BCUT2D eigenvalue weighted by atomic mass is 9.94. The van der Waals surface area contributed by atoms with Crippen LogP contribution in [0.5, 0.6) is 0 Å². The van der Waals surface area contributed by atoms with Crippen LogP contribution in [-0.2, 0) is 17.0 Å². The molecule has 1 aromatic heterocycles. The van der Waals surface area contributed by atoms with E-state index in [-0.39, 0.29) is 11.9 Å². The molecule has 0 aliphatic carbocycles. The maximum atomic E-state index is 13.1. The first-order valence-corrected chi connectivity index (χ1v) is 13.2. The van der Waals surface area contributed by atoms with Gasteiger partial charge >= 0.3 is 0 Å². The molecule has 0 aliphatic heterocycles. The summed E-state index contributed by atoms with van der Waals surface area (Å²) in [6, 6.07) is 26.7. The number of hydrogen-bond acceptors (Lipinski definition) is 4.